The molecule has 158 valence electrons. The van der Waals surface area contributed by atoms with Crippen LogP contribution in [0.25, 0.3) is 0 Å². The van der Waals surface area contributed by atoms with E-state index in [0.29, 0.717) is 38.9 Å². The normalized spacial score (nSPS) is 28.5. The number of aliphatic hydroxyl groups excluding tert-OH is 1. The number of nitrogens with zero attached hydrogens (tertiary/aromatic N) is 3. The summed E-state index contributed by atoms with van der Waals surface area (Å²) in [7, 11) is 1.63. The third-order valence-corrected chi connectivity index (χ3v) is 6.71. The zero-order valence-corrected chi connectivity index (χ0v) is 17.3. The highest BCUT2D eigenvalue weighted by molar-refractivity contribution is 5.85. The predicted molar refractivity (Wildman–Crippen MR) is 108 cm³/mol. The topological polar surface area (TPSA) is 73.3 Å². The van der Waals surface area contributed by atoms with Crippen LogP contribution < -0.4 is 4.74 Å². The lowest BCUT2D eigenvalue weighted by Gasteiger charge is -2.40. The number of carbonyl (C=O) groups is 2. The molecule has 0 saturated carbocycles. The smallest absolute Gasteiger partial charge is 0.237 e. The van der Waals surface area contributed by atoms with Gasteiger partial charge >= 0.3 is 0 Å². The van der Waals surface area contributed by atoms with Crippen molar-refractivity contribution in [1.82, 2.24) is 14.7 Å². The van der Waals surface area contributed by atoms with E-state index in [2.05, 4.69) is 11.8 Å². The number of fused-ring (bicyclic) bond motifs is 1. The summed E-state index contributed by atoms with van der Waals surface area (Å²) < 4.78 is 5.28. The number of piperazine rings is 1. The molecule has 0 aliphatic carbocycles. The van der Waals surface area contributed by atoms with Gasteiger partial charge in [-0.05, 0) is 43.5 Å². The van der Waals surface area contributed by atoms with Gasteiger partial charge in [-0.2, -0.15) is 0 Å². The fourth-order valence-corrected chi connectivity index (χ4v) is 5.10. The Bertz CT molecular complexity index is 745. The Hall–Kier alpha value is -2.12. The van der Waals surface area contributed by atoms with Crippen molar-refractivity contribution in [2.24, 2.45) is 5.92 Å². The monoisotopic (exact) mass is 401 g/mol. The SMILES string of the molecule is CCN1CC(=O)N2[C@H](C[C@@H](C(=O)N3CCC(O)CC3)[C@H]2c2ccc(OC)cc2)C1. The second-order valence-electron chi connectivity index (χ2n) is 8.40. The minimum absolute atomic E-state index is 0.0626. The lowest BCUT2D eigenvalue weighted by Crippen LogP contribution is -2.54. The zero-order valence-electron chi connectivity index (χ0n) is 17.3. The van der Waals surface area contributed by atoms with Gasteiger partial charge in [-0.1, -0.05) is 19.1 Å². The molecule has 3 fully saturated rings. The fourth-order valence-electron chi connectivity index (χ4n) is 5.10. The average Bonchev–Trinajstić information content (AvgIpc) is 3.13. The van der Waals surface area contributed by atoms with Gasteiger partial charge < -0.3 is 19.6 Å². The molecule has 2 amide bonds. The number of ether oxygens (including phenoxy) is 1. The summed E-state index contributed by atoms with van der Waals surface area (Å²) in [6.45, 7) is 5.32. The minimum atomic E-state index is -0.314. The molecule has 0 bridgehead atoms. The van der Waals surface area contributed by atoms with E-state index in [0.717, 1.165) is 24.4 Å². The van der Waals surface area contributed by atoms with Gasteiger partial charge in [-0.15, -0.1) is 0 Å². The first kappa shape index (κ1) is 20.2. The standard InChI is InChI=1S/C22H31N3O4/c1-3-23-13-16-12-19(22(28)24-10-8-17(26)9-11-24)21(25(16)20(27)14-23)15-4-6-18(29-2)7-5-15/h4-7,16-17,19,21,26H,3,8-14H2,1-2H3/t16-,19-,21-/m1/s1. The van der Waals surface area contributed by atoms with E-state index in [1.54, 1.807) is 7.11 Å². The molecule has 3 atom stereocenters. The number of piperidine rings is 1. The number of amides is 2. The summed E-state index contributed by atoms with van der Waals surface area (Å²) >= 11 is 0. The van der Waals surface area contributed by atoms with E-state index in [1.165, 1.54) is 0 Å². The van der Waals surface area contributed by atoms with Crippen molar-refractivity contribution in [1.29, 1.82) is 0 Å². The van der Waals surface area contributed by atoms with Gasteiger partial charge in [-0.3, -0.25) is 14.5 Å². The molecule has 0 spiro atoms. The maximum atomic E-state index is 13.5. The molecule has 3 aliphatic rings. The molecule has 7 heteroatoms. The molecule has 1 aromatic carbocycles. The van der Waals surface area contributed by atoms with Gasteiger partial charge in [0.15, 0.2) is 0 Å². The third kappa shape index (κ3) is 3.85. The zero-order chi connectivity index (χ0) is 20.5. The van der Waals surface area contributed by atoms with Gasteiger partial charge in [0.25, 0.3) is 0 Å². The first-order valence-corrected chi connectivity index (χ1v) is 10.7. The first-order valence-electron chi connectivity index (χ1n) is 10.7. The van der Waals surface area contributed by atoms with E-state index in [9.17, 15) is 14.7 Å². The second kappa shape index (κ2) is 8.32. The Morgan fingerprint density at radius 1 is 1.21 bits per heavy atom. The summed E-state index contributed by atoms with van der Waals surface area (Å²) in [5.41, 5.74) is 0.988. The summed E-state index contributed by atoms with van der Waals surface area (Å²) in [6.07, 6.45) is 1.63. The molecule has 3 aliphatic heterocycles. The van der Waals surface area contributed by atoms with E-state index in [4.69, 9.17) is 4.74 Å². The number of hydrogen-bond acceptors (Lipinski definition) is 5. The van der Waals surface area contributed by atoms with Crippen LogP contribution in [0.4, 0.5) is 0 Å². The summed E-state index contributed by atoms with van der Waals surface area (Å²) in [5, 5.41) is 9.80. The van der Waals surface area contributed by atoms with Gasteiger partial charge in [0.1, 0.15) is 5.75 Å². The number of aliphatic hydroxyl groups is 1. The molecule has 7 nitrogen and oxygen atoms in total. The summed E-state index contributed by atoms with van der Waals surface area (Å²) in [5.74, 6) is 0.735. The van der Waals surface area contributed by atoms with Crippen molar-refractivity contribution in [3.63, 3.8) is 0 Å². The number of carbonyl (C=O) groups excluding carboxylic acids is 2. The van der Waals surface area contributed by atoms with Crippen LogP contribution in [0.1, 0.15) is 37.8 Å². The van der Waals surface area contributed by atoms with Crippen LogP contribution in [-0.2, 0) is 9.59 Å². The Balaban J connectivity index is 1.64. The van der Waals surface area contributed by atoms with Crippen LogP contribution in [0, 0.1) is 5.92 Å². The Morgan fingerprint density at radius 3 is 2.52 bits per heavy atom. The molecule has 4 rings (SSSR count). The average molecular weight is 402 g/mol. The van der Waals surface area contributed by atoms with E-state index in [-0.39, 0.29) is 35.9 Å². The maximum Gasteiger partial charge on any atom is 0.237 e. The molecule has 0 radical (unpaired) electrons. The molecule has 3 heterocycles. The second-order valence-corrected chi connectivity index (χ2v) is 8.40. The highest BCUT2D eigenvalue weighted by Crippen LogP contribution is 2.44. The van der Waals surface area contributed by atoms with E-state index < -0.39 is 0 Å². The molecular weight excluding hydrogens is 370 g/mol. The third-order valence-electron chi connectivity index (χ3n) is 6.71. The van der Waals surface area contributed by atoms with Crippen molar-refractivity contribution in [2.75, 3.05) is 39.8 Å². The van der Waals surface area contributed by atoms with E-state index in [1.807, 2.05) is 34.1 Å². The molecule has 1 N–H and O–H groups in total. The summed E-state index contributed by atoms with van der Waals surface area (Å²) in [6, 6.07) is 7.57. The Labute approximate surface area is 172 Å². The lowest BCUT2D eigenvalue weighted by atomic mass is 9.91. The number of methoxy groups -OCH3 is 1. The van der Waals surface area contributed by atoms with Crippen LogP contribution >= 0.6 is 0 Å². The van der Waals surface area contributed by atoms with Gasteiger partial charge in [-0.25, -0.2) is 0 Å². The van der Waals surface area contributed by atoms with Crippen molar-refractivity contribution >= 4 is 11.8 Å². The van der Waals surface area contributed by atoms with Crippen molar-refractivity contribution < 1.29 is 19.4 Å². The molecular formula is C22H31N3O4. The van der Waals surface area contributed by atoms with Gasteiger partial charge in [0.05, 0.1) is 31.7 Å². The van der Waals surface area contributed by atoms with Crippen LogP contribution in [0.5, 0.6) is 5.75 Å². The fraction of sp³-hybridized carbons (Fsp3) is 0.636. The van der Waals surface area contributed by atoms with Crippen molar-refractivity contribution in [3.8, 4) is 5.75 Å². The molecule has 0 aromatic heterocycles. The van der Waals surface area contributed by atoms with Crippen LogP contribution in [0.2, 0.25) is 0 Å². The van der Waals surface area contributed by atoms with Crippen LogP contribution in [0.15, 0.2) is 24.3 Å². The predicted octanol–water partition coefficient (Wildman–Crippen LogP) is 1.27. The molecule has 0 unspecified atom stereocenters. The van der Waals surface area contributed by atoms with Crippen LogP contribution in [-0.4, -0.2) is 83.6 Å². The maximum absolute atomic E-state index is 13.5. The largest absolute Gasteiger partial charge is 0.497 e. The minimum Gasteiger partial charge on any atom is -0.497 e. The number of benzene rings is 1. The van der Waals surface area contributed by atoms with E-state index >= 15 is 0 Å². The summed E-state index contributed by atoms with van der Waals surface area (Å²) in [4.78, 5) is 32.5. The quantitative estimate of drug-likeness (QED) is 0.823. The molecule has 3 saturated heterocycles. The molecule has 1 aromatic rings. The highest BCUT2D eigenvalue weighted by Gasteiger charge is 2.50. The number of likely N-dealkylation sites (N-methyl/N-ethyl adjacent to an activating group) is 1. The van der Waals surface area contributed by atoms with Crippen molar-refractivity contribution in [3.05, 3.63) is 29.8 Å². The highest BCUT2D eigenvalue weighted by atomic mass is 16.5. The van der Waals surface area contributed by atoms with Crippen molar-refractivity contribution in [2.45, 2.75) is 44.4 Å². The number of likely N-dealkylation sites (tertiary alicyclic amines) is 1. The Kier molecular flexibility index (Phi) is 5.79. The van der Waals surface area contributed by atoms with Crippen LogP contribution in [0.3, 0.4) is 0 Å². The molecule has 29 heavy (non-hydrogen) atoms. The Morgan fingerprint density at radius 2 is 1.90 bits per heavy atom. The number of rotatable bonds is 4. The lowest BCUT2D eigenvalue weighted by molar-refractivity contribution is -0.142. The number of hydrogen-bond donors (Lipinski definition) is 1. The first-order chi connectivity index (χ1) is 14.0. The van der Waals surface area contributed by atoms with Gasteiger partial charge in [0.2, 0.25) is 11.8 Å². The van der Waals surface area contributed by atoms with Gasteiger partial charge in [0, 0.05) is 25.7 Å².